The van der Waals surface area contributed by atoms with Gasteiger partial charge < -0.3 is 4.74 Å². The van der Waals surface area contributed by atoms with Gasteiger partial charge >= 0.3 is 0 Å². The van der Waals surface area contributed by atoms with E-state index < -0.39 is 0 Å². The second-order valence-corrected chi connectivity index (χ2v) is 6.55. The molecule has 0 saturated heterocycles. The first kappa shape index (κ1) is 19.3. The quantitative estimate of drug-likeness (QED) is 0.387. The SMILES string of the molecule is COc1cccc(C=NNC(=O)c2cc(-c3ccc(F)cc3)nc3ccccc23)c1. The Morgan fingerprint density at radius 3 is 2.63 bits per heavy atom. The predicted octanol–water partition coefficient (Wildman–Crippen LogP) is 4.81. The fourth-order valence-corrected chi connectivity index (χ4v) is 3.08. The smallest absolute Gasteiger partial charge is 0.272 e. The van der Waals surface area contributed by atoms with Crippen LogP contribution in [0.25, 0.3) is 22.2 Å². The third-order valence-corrected chi connectivity index (χ3v) is 4.57. The maximum atomic E-state index is 13.3. The largest absolute Gasteiger partial charge is 0.497 e. The number of rotatable bonds is 5. The zero-order chi connectivity index (χ0) is 20.9. The van der Waals surface area contributed by atoms with Gasteiger partial charge in [-0.25, -0.2) is 14.8 Å². The zero-order valence-electron chi connectivity index (χ0n) is 16.2. The zero-order valence-corrected chi connectivity index (χ0v) is 16.2. The van der Waals surface area contributed by atoms with Crippen molar-refractivity contribution in [2.75, 3.05) is 7.11 Å². The van der Waals surface area contributed by atoms with Crippen LogP contribution in [0.2, 0.25) is 0 Å². The monoisotopic (exact) mass is 399 g/mol. The van der Waals surface area contributed by atoms with E-state index in [0.717, 1.165) is 11.1 Å². The van der Waals surface area contributed by atoms with Crippen LogP contribution in [0, 0.1) is 5.82 Å². The van der Waals surface area contributed by atoms with Gasteiger partial charge in [0.25, 0.3) is 5.91 Å². The molecule has 30 heavy (non-hydrogen) atoms. The van der Waals surface area contributed by atoms with Crippen molar-refractivity contribution in [1.29, 1.82) is 0 Å². The topological polar surface area (TPSA) is 63.6 Å². The lowest BCUT2D eigenvalue weighted by molar-refractivity contribution is 0.0956. The van der Waals surface area contributed by atoms with Crippen molar-refractivity contribution in [3.8, 4) is 17.0 Å². The van der Waals surface area contributed by atoms with E-state index in [-0.39, 0.29) is 11.7 Å². The summed E-state index contributed by atoms with van der Waals surface area (Å²) in [6.45, 7) is 0. The molecule has 0 aliphatic heterocycles. The van der Waals surface area contributed by atoms with Gasteiger partial charge in [-0.05, 0) is 54.1 Å². The van der Waals surface area contributed by atoms with Crippen molar-refractivity contribution >= 4 is 23.0 Å². The van der Waals surface area contributed by atoms with Crippen LogP contribution in [0.1, 0.15) is 15.9 Å². The molecule has 0 atom stereocenters. The summed E-state index contributed by atoms with van der Waals surface area (Å²) in [5.41, 5.74) is 5.76. The number of hydrogen-bond acceptors (Lipinski definition) is 4. The third-order valence-electron chi connectivity index (χ3n) is 4.57. The minimum atomic E-state index is -0.365. The fraction of sp³-hybridized carbons (Fsp3) is 0.0417. The fourth-order valence-electron chi connectivity index (χ4n) is 3.08. The van der Waals surface area contributed by atoms with Gasteiger partial charge in [0.1, 0.15) is 11.6 Å². The normalized spacial score (nSPS) is 11.0. The molecule has 1 aromatic heterocycles. The molecule has 0 fully saturated rings. The number of aromatic nitrogens is 1. The Morgan fingerprint density at radius 2 is 1.83 bits per heavy atom. The second-order valence-electron chi connectivity index (χ2n) is 6.55. The molecule has 0 aliphatic rings. The summed E-state index contributed by atoms with van der Waals surface area (Å²) in [5, 5.41) is 4.77. The van der Waals surface area contributed by atoms with Gasteiger partial charge in [0, 0.05) is 10.9 Å². The number of fused-ring (bicyclic) bond motifs is 1. The van der Waals surface area contributed by atoms with E-state index in [9.17, 15) is 9.18 Å². The third kappa shape index (κ3) is 4.17. The van der Waals surface area contributed by atoms with Crippen LogP contribution in [0.15, 0.2) is 84.0 Å². The van der Waals surface area contributed by atoms with E-state index in [1.54, 1.807) is 31.5 Å². The van der Waals surface area contributed by atoms with Crippen LogP contribution >= 0.6 is 0 Å². The average Bonchev–Trinajstić information content (AvgIpc) is 2.79. The van der Waals surface area contributed by atoms with Crippen LogP contribution in [-0.4, -0.2) is 24.2 Å². The average molecular weight is 399 g/mol. The van der Waals surface area contributed by atoms with Gasteiger partial charge in [-0.3, -0.25) is 4.79 Å². The summed E-state index contributed by atoms with van der Waals surface area (Å²) in [7, 11) is 1.59. The number of methoxy groups -OCH3 is 1. The maximum absolute atomic E-state index is 13.3. The number of para-hydroxylation sites is 1. The summed E-state index contributed by atoms with van der Waals surface area (Å²) in [6, 6.07) is 22.4. The molecule has 1 amide bonds. The van der Waals surface area contributed by atoms with Gasteiger partial charge in [-0.1, -0.05) is 30.3 Å². The molecular weight excluding hydrogens is 381 g/mol. The van der Waals surface area contributed by atoms with Crippen molar-refractivity contribution in [3.63, 3.8) is 0 Å². The number of nitrogens with zero attached hydrogens (tertiary/aromatic N) is 2. The predicted molar refractivity (Wildman–Crippen MR) is 115 cm³/mol. The highest BCUT2D eigenvalue weighted by atomic mass is 19.1. The Balaban J connectivity index is 1.65. The number of hydrogen-bond donors (Lipinski definition) is 1. The summed E-state index contributed by atoms with van der Waals surface area (Å²) in [5.74, 6) is 0.00911. The van der Waals surface area contributed by atoms with E-state index in [2.05, 4.69) is 15.5 Å². The molecule has 148 valence electrons. The molecule has 4 rings (SSSR count). The highest BCUT2D eigenvalue weighted by Gasteiger charge is 2.13. The van der Waals surface area contributed by atoms with Crippen molar-refractivity contribution in [2.45, 2.75) is 0 Å². The molecule has 1 heterocycles. The van der Waals surface area contributed by atoms with E-state index in [4.69, 9.17) is 4.74 Å². The molecule has 0 bridgehead atoms. The molecule has 0 unspecified atom stereocenters. The summed E-state index contributed by atoms with van der Waals surface area (Å²) >= 11 is 0. The van der Waals surface area contributed by atoms with Gasteiger partial charge in [-0.15, -0.1) is 0 Å². The van der Waals surface area contributed by atoms with Crippen LogP contribution in [-0.2, 0) is 0 Å². The van der Waals surface area contributed by atoms with Gasteiger partial charge in [-0.2, -0.15) is 5.10 Å². The number of ether oxygens (including phenoxy) is 1. The number of pyridine rings is 1. The number of hydrazone groups is 1. The van der Waals surface area contributed by atoms with Crippen molar-refractivity contribution in [1.82, 2.24) is 10.4 Å². The highest BCUT2D eigenvalue weighted by Crippen LogP contribution is 2.25. The first-order chi connectivity index (χ1) is 14.6. The number of nitrogens with one attached hydrogen (secondary N) is 1. The molecule has 0 aliphatic carbocycles. The van der Waals surface area contributed by atoms with Gasteiger partial charge in [0.15, 0.2) is 0 Å². The van der Waals surface area contributed by atoms with Crippen molar-refractivity contribution in [2.24, 2.45) is 5.10 Å². The Morgan fingerprint density at radius 1 is 1.03 bits per heavy atom. The number of carbonyl (C=O) groups is 1. The van der Waals surface area contributed by atoms with E-state index in [0.29, 0.717) is 27.9 Å². The van der Waals surface area contributed by atoms with Crippen LogP contribution in [0.5, 0.6) is 5.75 Å². The minimum absolute atomic E-state index is 0.329. The minimum Gasteiger partial charge on any atom is -0.497 e. The van der Waals surface area contributed by atoms with E-state index in [1.807, 2.05) is 48.5 Å². The lowest BCUT2D eigenvalue weighted by Crippen LogP contribution is -2.18. The molecule has 0 saturated carbocycles. The standard InChI is InChI=1S/C24H18FN3O2/c1-30-19-6-4-5-16(13-19)15-26-28-24(29)21-14-23(17-9-11-18(25)12-10-17)27-22-8-3-2-7-20(21)22/h2-15H,1H3,(H,28,29). The molecule has 4 aromatic rings. The van der Waals surface area contributed by atoms with Crippen molar-refractivity contribution < 1.29 is 13.9 Å². The van der Waals surface area contributed by atoms with E-state index >= 15 is 0 Å². The summed E-state index contributed by atoms with van der Waals surface area (Å²) in [6.07, 6.45) is 1.55. The molecular formula is C24H18FN3O2. The van der Waals surface area contributed by atoms with E-state index in [1.165, 1.54) is 12.1 Å². The Kier molecular flexibility index (Phi) is 5.48. The molecule has 0 radical (unpaired) electrons. The van der Waals surface area contributed by atoms with Crippen LogP contribution < -0.4 is 10.2 Å². The summed E-state index contributed by atoms with van der Waals surface area (Å²) < 4.78 is 18.5. The first-order valence-electron chi connectivity index (χ1n) is 9.27. The summed E-state index contributed by atoms with van der Waals surface area (Å²) in [4.78, 5) is 17.5. The van der Waals surface area contributed by atoms with Gasteiger partial charge in [0.2, 0.25) is 0 Å². The van der Waals surface area contributed by atoms with Gasteiger partial charge in [0.05, 0.1) is 30.1 Å². The molecule has 1 N–H and O–H groups in total. The lowest BCUT2D eigenvalue weighted by atomic mass is 10.0. The number of halogens is 1. The molecule has 0 spiro atoms. The first-order valence-corrected chi connectivity index (χ1v) is 9.27. The Bertz CT molecular complexity index is 1240. The molecule has 6 heteroatoms. The Labute approximate surface area is 172 Å². The highest BCUT2D eigenvalue weighted by molar-refractivity contribution is 6.07. The molecule has 5 nitrogen and oxygen atoms in total. The number of benzene rings is 3. The second kappa shape index (κ2) is 8.53. The van der Waals surface area contributed by atoms with Crippen molar-refractivity contribution in [3.05, 3.63) is 95.8 Å². The molecule has 3 aromatic carbocycles. The maximum Gasteiger partial charge on any atom is 0.272 e. The lowest BCUT2D eigenvalue weighted by Gasteiger charge is -2.09. The number of amides is 1. The van der Waals surface area contributed by atoms with Crippen LogP contribution in [0.3, 0.4) is 0 Å². The van der Waals surface area contributed by atoms with Crippen LogP contribution in [0.4, 0.5) is 4.39 Å². The Hall–Kier alpha value is -4.06. The number of carbonyl (C=O) groups excluding carboxylic acids is 1.